The predicted molar refractivity (Wildman–Crippen MR) is 109 cm³/mol. The van der Waals surface area contributed by atoms with E-state index in [0.717, 1.165) is 43.4 Å². The van der Waals surface area contributed by atoms with E-state index in [-0.39, 0.29) is 6.10 Å². The van der Waals surface area contributed by atoms with Gasteiger partial charge in [0, 0.05) is 25.6 Å². The number of methoxy groups -OCH3 is 1. The standard InChI is InChI=1S/C22H29N3O2/c1-3-23-22(24-15-17-9-11-20(26-2)12-10-17)25-16-19-13-14-27-21(19)18-7-5-4-6-8-18/h4-12,19,21H,3,13-16H2,1-2H3,(H2,23,24,25). The van der Waals surface area contributed by atoms with Crippen LogP contribution in [-0.2, 0) is 11.3 Å². The van der Waals surface area contributed by atoms with E-state index >= 15 is 0 Å². The van der Waals surface area contributed by atoms with Crippen LogP contribution in [-0.4, -0.2) is 32.8 Å². The summed E-state index contributed by atoms with van der Waals surface area (Å²) < 4.78 is 11.2. The normalized spacial score (nSPS) is 19.7. The molecule has 27 heavy (non-hydrogen) atoms. The van der Waals surface area contributed by atoms with Crippen LogP contribution in [0.25, 0.3) is 0 Å². The molecule has 1 heterocycles. The largest absolute Gasteiger partial charge is 0.497 e. The van der Waals surface area contributed by atoms with Gasteiger partial charge in [-0.3, -0.25) is 0 Å². The van der Waals surface area contributed by atoms with Gasteiger partial charge in [0.05, 0.1) is 19.8 Å². The van der Waals surface area contributed by atoms with Gasteiger partial charge in [-0.1, -0.05) is 42.5 Å². The molecule has 0 aromatic heterocycles. The van der Waals surface area contributed by atoms with Crippen molar-refractivity contribution in [2.75, 3.05) is 26.8 Å². The lowest BCUT2D eigenvalue weighted by atomic mass is 9.95. The zero-order valence-corrected chi connectivity index (χ0v) is 16.2. The third-order valence-electron chi connectivity index (χ3n) is 4.80. The predicted octanol–water partition coefficient (Wildman–Crippen LogP) is 3.53. The van der Waals surface area contributed by atoms with E-state index in [2.05, 4.69) is 41.8 Å². The number of ether oxygens (including phenoxy) is 2. The van der Waals surface area contributed by atoms with Gasteiger partial charge in [-0.15, -0.1) is 0 Å². The minimum atomic E-state index is 0.156. The Kier molecular flexibility index (Phi) is 7.11. The molecule has 1 aliphatic rings. The Morgan fingerprint density at radius 2 is 1.89 bits per heavy atom. The van der Waals surface area contributed by atoms with Crippen molar-refractivity contribution >= 4 is 5.96 Å². The van der Waals surface area contributed by atoms with Crippen LogP contribution in [0.3, 0.4) is 0 Å². The van der Waals surface area contributed by atoms with Crippen molar-refractivity contribution in [3.63, 3.8) is 0 Å². The number of hydrogen-bond donors (Lipinski definition) is 2. The molecule has 0 amide bonds. The van der Waals surface area contributed by atoms with E-state index in [9.17, 15) is 0 Å². The molecule has 2 aromatic carbocycles. The first-order chi connectivity index (χ1) is 13.3. The number of nitrogens with zero attached hydrogens (tertiary/aromatic N) is 1. The smallest absolute Gasteiger partial charge is 0.191 e. The van der Waals surface area contributed by atoms with Crippen molar-refractivity contribution in [1.82, 2.24) is 10.6 Å². The molecule has 144 valence electrons. The highest BCUT2D eigenvalue weighted by Gasteiger charge is 2.29. The maximum Gasteiger partial charge on any atom is 0.191 e. The van der Waals surface area contributed by atoms with E-state index in [1.54, 1.807) is 7.11 Å². The van der Waals surface area contributed by atoms with Crippen molar-refractivity contribution < 1.29 is 9.47 Å². The van der Waals surface area contributed by atoms with Crippen LogP contribution in [0.1, 0.15) is 30.6 Å². The van der Waals surface area contributed by atoms with Crippen molar-refractivity contribution in [3.8, 4) is 5.75 Å². The van der Waals surface area contributed by atoms with E-state index in [4.69, 9.17) is 14.5 Å². The summed E-state index contributed by atoms with van der Waals surface area (Å²) in [4.78, 5) is 4.71. The van der Waals surface area contributed by atoms with Crippen LogP contribution in [0.4, 0.5) is 0 Å². The molecule has 3 rings (SSSR count). The highest BCUT2D eigenvalue weighted by atomic mass is 16.5. The van der Waals surface area contributed by atoms with Gasteiger partial charge in [-0.05, 0) is 36.6 Å². The fourth-order valence-electron chi connectivity index (χ4n) is 3.32. The molecule has 2 atom stereocenters. The Labute approximate surface area is 161 Å². The molecule has 0 saturated carbocycles. The van der Waals surface area contributed by atoms with E-state index < -0.39 is 0 Å². The summed E-state index contributed by atoms with van der Waals surface area (Å²) in [6.07, 6.45) is 1.22. The van der Waals surface area contributed by atoms with E-state index in [0.29, 0.717) is 12.5 Å². The van der Waals surface area contributed by atoms with Crippen LogP contribution in [0, 0.1) is 5.92 Å². The Balaban J connectivity index is 1.58. The molecule has 2 unspecified atom stereocenters. The Hall–Kier alpha value is -2.53. The van der Waals surface area contributed by atoms with Gasteiger partial charge in [0.1, 0.15) is 5.75 Å². The molecule has 0 bridgehead atoms. The zero-order valence-electron chi connectivity index (χ0n) is 16.2. The molecule has 1 aliphatic heterocycles. The topological polar surface area (TPSA) is 54.9 Å². The highest BCUT2D eigenvalue weighted by Crippen LogP contribution is 2.33. The summed E-state index contributed by atoms with van der Waals surface area (Å²) in [5.41, 5.74) is 2.40. The number of hydrogen-bond acceptors (Lipinski definition) is 3. The first kappa shape index (κ1) is 19.2. The minimum Gasteiger partial charge on any atom is -0.497 e. The molecule has 2 aromatic rings. The van der Waals surface area contributed by atoms with Gasteiger partial charge in [0.25, 0.3) is 0 Å². The monoisotopic (exact) mass is 367 g/mol. The second-order valence-electron chi connectivity index (χ2n) is 6.67. The summed E-state index contributed by atoms with van der Waals surface area (Å²) in [5.74, 6) is 2.14. The van der Waals surface area contributed by atoms with Gasteiger partial charge in [0.2, 0.25) is 0 Å². The zero-order chi connectivity index (χ0) is 18.9. The first-order valence-electron chi connectivity index (χ1n) is 9.61. The van der Waals surface area contributed by atoms with Gasteiger partial charge in [0.15, 0.2) is 5.96 Å². The quantitative estimate of drug-likeness (QED) is 0.581. The Morgan fingerprint density at radius 3 is 2.59 bits per heavy atom. The van der Waals surface area contributed by atoms with E-state index in [1.807, 2.05) is 30.3 Å². The van der Waals surface area contributed by atoms with Crippen LogP contribution in [0.5, 0.6) is 5.75 Å². The van der Waals surface area contributed by atoms with Gasteiger partial charge in [-0.25, -0.2) is 4.99 Å². The third kappa shape index (κ3) is 5.47. The first-order valence-corrected chi connectivity index (χ1v) is 9.61. The number of benzene rings is 2. The van der Waals surface area contributed by atoms with Crippen LogP contribution in [0.15, 0.2) is 59.6 Å². The second-order valence-corrected chi connectivity index (χ2v) is 6.67. The fraction of sp³-hybridized carbons (Fsp3) is 0.409. The van der Waals surface area contributed by atoms with Crippen molar-refractivity contribution in [2.24, 2.45) is 10.9 Å². The lowest BCUT2D eigenvalue weighted by Gasteiger charge is -2.20. The number of nitrogens with one attached hydrogen (secondary N) is 2. The van der Waals surface area contributed by atoms with Crippen molar-refractivity contribution in [3.05, 3.63) is 65.7 Å². The molecular weight excluding hydrogens is 338 g/mol. The molecule has 0 spiro atoms. The second kappa shape index (κ2) is 9.97. The molecule has 0 aliphatic carbocycles. The summed E-state index contributed by atoms with van der Waals surface area (Å²) in [5, 5.41) is 6.82. The molecule has 0 radical (unpaired) electrons. The van der Waals surface area contributed by atoms with Gasteiger partial charge < -0.3 is 20.1 Å². The molecule has 1 fully saturated rings. The minimum absolute atomic E-state index is 0.156. The van der Waals surface area contributed by atoms with E-state index in [1.165, 1.54) is 5.56 Å². The average molecular weight is 367 g/mol. The maximum atomic E-state index is 5.98. The Morgan fingerprint density at radius 1 is 1.11 bits per heavy atom. The number of aliphatic imine (C=N–C) groups is 1. The molecule has 1 saturated heterocycles. The highest BCUT2D eigenvalue weighted by molar-refractivity contribution is 5.79. The lowest BCUT2D eigenvalue weighted by Crippen LogP contribution is -2.40. The fourth-order valence-corrected chi connectivity index (χ4v) is 3.32. The number of rotatable bonds is 7. The summed E-state index contributed by atoms with van der Waals surface area (Å²) in [6.45, 7) is 5.19. The summed E-state index contributed by atoms with van der Waals surface area (Å²) in [7, 11) is 1.68. The van der Waals surface area contributed by atoms with Crippen LogP contribution < -0.4 is 15.4 Å². The SMILES string of the molecule is CCNC(=NCc1ccc(OC)cc1)NCC1CCOC1c1ccccc1. The molecule has 5 heteroatoms. The average Bonchev–Trinajstić information content (AvgIpc) is 3.20. The third-order valence-corrected chi connectivity index (χ3v) is 4.80. The lowest BCUT2D eigenvalue weighted by molar-refractivity contribution is 0.0915. The van der Waals surface area contributed by atoms with Crippen molar-refractivity contribution in [2.45, 2.75) is 26.0 Å². The number of guanidine groups is 1. The van der Waals surface area contributed by atoms with Crippen LogP contribution >= 0.6 is 0 Å². The van der Waals surface area contributed by atoms with Gasteiger partial charge >= 0.3 is 0 Å². The summed E-state index contributed by atoms with van der Waals surface area (Å²) >= 11 is 0. The maximum absolute atomic E-state index is 5.98. The van der Waals surface area contributed by atoms with Gasteiger partial charge in [-0.2, -0.15) is 0 Å². The molecule has 2 N–H and O–H groups in total. The van der Waals surface area contributed by atoms with Crippen molar-refractivity contribution in [1.29, 1.82) is 0 Å². The Bertz CT molecular complexity index is 716. The molecule has 5 nitrogen and oxygen atoms in total. The molecular formula is C22H29N3O2. The van der Waals surface area contributed by atoms with Crippen LogP contribution in [0.2, 0.25) is 0 Å². The summed E-state index contributed by atoms with van der Waals surface area (Å²) in [6, 6.07) is 18.5.